The van der Waals surface area contributed by atoms with Crippen molar-refractivity contribution >= 4 is 16.9 Å². The molecule has 0 aliphatic rings. The van der Waals surface area contributed by atoms with Crippen LogP contribution in [0.15, 0.2) is 33.6 Å². The molecule has 6 nitrogen and oxygen atoms in total. The van der Waals surface area contributed by atoms with Crippen molar-refractivity contribution in [3.63, 3.8) is 0 Å². The number of hydrogen-bond acceptors (Lipinski definition) is 4. The van der Waals surface area contributed by atoms with E-state index in [1.165, 1.54) is 4.74 Å². The van der Waals surface area contributed by atoms with Crippen LogP contribution in [0.25, 0.3) is 11.0 Å². The average Bonchev–Trinajstić information content (AvgIpc) is 2.99. The summed E-state index contributed by atoms with van der Waals surface area (Å²) in [6.45, 7) is 8.33. The lowest BCUT2D eigenvalue weighted by Gasteiger charge is -2.19. The Morgan fingerprint density at radius 1 is 1.13 bits per heavy atom. The van der Waals surface area contributed by atoms with Crippen LogP contribution >= 0.6 is 0 Å². The van der Waals surface area contributed by atoms with E-state index in [2.05, 4.69) is 27.7 Å². The Morgan fingerprint density at radius 3 is 2.45 bits per heavy atom. The highest BCUT2D eigenvalue weighted by Gasteiger charge is 2.22. The predicted octanol–water partition coefficient (Wildman–Crippen LogP) is 5.58. The van der Waals surface area contributed by atoms with Crippen LogP contribution in [0, 0.1) is 0 Å². The first-order valence-electron chi connectivity index (χ1n) is 10.9. The van der Waals surface area contributed by atoms with Gasteiger partial charge in [-0.15, -0.1) is 0 Å². The van der Waals surface area contributed by atoms with Gasteiger partial charge in [0.05, 0.1) is 11.8 Å². The zero-order valence-electron chi connectivity index (χ0n) is 18.9. The molecule has 0 aliphatic carbocycles. The second-order valence-corrected chi connectivity index (χ2v) is 8.31. The molecule has 0 saturated heterocycles. The molecule has 0 aliphatic heterocycles. The highest BCUT2D eigenvalue weighted by atomic mass is 16.5. The summed E-state index contributed by atoms with van der Waals surface area (Å²) >= 11 is 0. The quantitative estimate of drug-likeness (QED) is 0.484. The van der Waals surface area contributed by atoms with E-state index in [0.29, 0.717) is 34.5 Å². The lowest BCUT2D eigenvalue weighted by atomic mass is 9.98. The topological polar surface area (TPSA) is 81.7 Å². The van der Waals surface area contributed by atoms with Crippen LogP contribution in [0.4, 0.5) is 0 Å². The number of aryl methyl sites for hydroxylation is 3. The minimum absolute atomic E-state index is 0.122. The molecule has 0 fully saturated rings. The van der Waals surface area contributed by atoms with E-state index in [9.17, 15) is 14.7 Å². The summed E-state index contributed by atoms with van der Waals surface area (Å²) in [5.41, 5.74) is 3.88. The molecule has 166 valence electrons. The van der Waals surface area contributed by atoms with Crippen molar-refractivity contribution in [2.24, 2.45) is 7.05 Å². The van der Waals surface area contributed by atoms with E-state index in [0.717, 1.165) is 36.0 Å². The number of fused-ring (bicyclic) bond motifs is 1. The molecular formula is C25H31NO5. The fourth-order valence-corrected chi connectivity index (χ4v) is 3.88. The van der Waals surface area contributed by atoms with Crippen molar-refractivity contribution in [1.29, 1.82) is 0 Å². The Bertz CT molecular complexity index is 1150. The van der Waals surface area contributed by atoms with E-state index < -0.39 is 5.97 Å². The molecule has 1 aromatic heterocycles. The van der Waals surface area contributed by atoms with E-state index in [1.807, 2.05) is 24.3 Å². The van der Waals surface area contributed by atoms with Gasteiger partial charge in [0.1, 0.15) is 11.5 Å². The van der Waals surface area contributed by atoms with Gasteiger partial charge in [-0.2, -0.15) is 4.74 Å². The number of aliphatic carboxylic acids is 1. The lowest BCUT2D eigenvalue weighted by molar-refractivity contribution is -0.136. The standard InChI is InChI=1S/C25H31NO5/c1-6-8-18-12-20-24(31-26(5)25(20)29)19(9-7-2)23(18)30-21-13-16(15(3)4)10-11-17(21)14-22(27)28/h10-13,15H,6-9,14H2,1-5H3,(H,27,28). The normalized spacial score (nSPS) is 11.4. The molecule has 0 saturated carbocycles. The van der Waals surface area contributed by atoms with Crippen LogP contribution in [-0.4, -0.2) is 15.8 Å². The Morgan fingerprint density at radius 2 is 1.84 bits per heavy atom. The zero-order chi connectivity index (χ0) is 22.7. The Balaban J connectivity index is 2.25. The lowest BCUT2D eigenvalue weighted by Crippen LogP contribution is -2.09. The van der Waals surface area contributed by atoms with Gasteiger partial charge in [-0.1, -0.05) is 52.7 Å². The van der Waals surface area contributed by atoms with Gasteiger partial charge in [-0.05, 0) is 42.0 Å². The van der Waals surface area contributed by atoms with E-state index in [-0.39, 0.29) is 17.9 Å². The maximum atomic E-state index is 12.6. The van der Waals surface area contributed by atoms with E-state index in [1.54, 1.807) is 7.05 Å². The fraction of sp³-hybridized carbons (Fsp3) is 0.440. The Kier molecular flexibility index (Phi) is 6.88. The molecular weight excluding hydrogens is 394 g/mol. The van der Waals surface area contributed by atoms with Crippen molar-refractivity contribution in [2.45, 2.75) is 65.7 Å². The van der Waals surface area contributed by atoms with Gasteiger partial charge in [0.25, 0.3) is 5.56 Å². The maximum absolute atomic E-state index is 12.6. The van der Waals surface area contributed by atoms with Crippen LogP contribution in [0.3, 0.4) is 0 Å². The average molecular weight is 426 g/mol. The number of ether oxygens (including phenoxy) is 1. The first-order chi connectivity index (χ1) is 14.8. The third kappa shape index (κ3) is 4.68. The molecule has 3 rings (SSSR count). The Hall–Kier alpha value is -3.02. The number of aromatic nitrogens is 1. The van der Waals surface area contributed by atoms with Crippen LogP contribution in [0.1, 0.15) is 68.7 Å². The smallest absolute Gasteiger partial charge is 0.307 e. The maximum Gasteiger partial charge on any atom is 0.307 e. The summed E-state index contributed by atoms with van der Waals surface area (Å²) in [7, 11) is 1.61. The van der Waals surface area contributed by atoms with Crippen molar-refractivity contribution in [3.8, 4) is 11.5 Å². The summed E-state index contributed by atoms with van der Waals surface area (Å²) < 4.78 is 13.5. The van der Waals surface area contributed by atoms with Gasteiger partial charge in [-0.25, -0.2) is 0 Å². The SMILES string of the molecule is CCCc1cc2c(=O)n(C)oc2c(CCC)c1Oc1cc(C(C)C)ccc1CC(=O)O. The molecule has 0 bridgehead atoms. The molecule has 0 radical (unpaired) electrons. The molecule has 0 atom stereocenters. The zero-order valence-corrected chi connectivity index (χ0v) is 18.9. The number of carboxylic acid groups (broad SMARTS) is 1. The van der Waals surface area contributed by atoms with Crippen LogP contribution in [0.5, 0.6) is 11.5 Å². The minimum atomic E-state index is -0.908. The minimum Gasteiger partial charge on any atom is -0.481 e. The molecule has 3 aromatic rings. The summed E-state index contributed by atoms with van der Waals surface area (Å²) in [5, 5.41) is 9.94. The van der Waals surface area contributed by atoms with Crippen molar-refractivity contribution in [2.75, 3.05) is 0 Å². The molecule has 0 amide bonds. The van der Waals surface area contributed by atoms with Crippen LogP contribution < -0.4 is 10.3 Å². The summed E-state index contributed by atoms with van der Waals surface area (Å²) in [4.78, 5) is 24.0. The summed E-state index contributed by atoms with van der Waals surface area (Å²) in [6, 6.07) is 7.58. The van der Waals surface area contributed by atoms with Crippen LogP contribution in [-0.2, 0) is 31.1 Å². The molecule has 1 heterocycles. The van der Waals surface area contributed by atoms with E-state index in [4.69, 9.17) is 9.26 Å². The molecule has 1 N–H and O–H groups in total. The van der Waals surface area contributed by atoms with Gasteiger partial charge >= 0.3 is 5.97 Å². The molecule has 31 heavy (non-hydrogen) atoms. The number of carbonyl (C=O) groups is 1. The fourth-order valence-electron chi connectivity index (χ4n) is 3.88. The number of benzene rings is 2. The first-order valence-corrected chi connectivity index (χ1v) is 10.9. The highest BCUT2D eigenvalue weighted by Crippen LogP contribution is 2.38. The van der Waals surface area contributed by atoms with Crippen molar-refractivity contribution < 1.29 is 19.2 Å². The number of hydrogen-bond donors (Lipinski definition) is 1. The number of nitrogens with zero attached hydrogens (tertiary/aromatic N) is 1. The number of rotatable bonds is 9. The third-order valence-electron chi connectivity index (χ3n) is 5.48. The molecule has 2 aromatic carbocycles. The van der Waals surface area contributed by atoms with Crippen LogP contribution in [0.2, 0.25) is 0 Å². The third-order valence-corrected chi connectivity index (χ3v) is 5.48. The highest BCUT2D eigenvalue weighted by molar-refractivity contribution is 5.83. The van der Waals surface area contributed by atoms with Gasteiger partial charge in [-0.3, -0.25) is 9.59 Å². The predicted molar refractivity (Wildman–Crippen MR) is 121 cm³/mol. The van der Waals surface area contributed by atoms with Gasteiger partial charge < -0.3 is 14.4 Å². The monoisotopic (exact) mass is 425 g/mol. The van der Waals surface area contributed by atoms with E-state index >= 15 is 0 Å². The summed E-state index contributed by atoms with van der Waals surface area (Å²) in [6.07, 6.45) is 3.05. The van der Waals surface area contributed by atoms with Gasteiger partial charge in [0.2, 0.25) is 0 Å². The number of carboxylic acids is 1. The molecule has 0 spiro atoms. The largest absolute Gasteiger partial charge is 0.481 e. The van der Waals surface area contributed by atoms with Crippen molar-refractivity contribution in [1.82, 2.24) is 4.74 Å². The Labute approximate surface area is 182 Å². The molecule has 6 heteroatoms. The second-order valence-electron chi connectivity index (χ2n) is 8.31. The molecule has 0 unspecified atom stereocenters. The first kappa shape index (κ1) is 22.7. The van der Waals surface area contributed by atoms with Gasteiger partial charge in [0, 0.05) is 18.2 Å². The second kappa shape index (κ2) is 9.41. The summed E-state index contributed by atoms with van der Waals surface area (Å²) in [5.74, 6) is 0.592. The van der Waals surface area contributed by atoms with Gasteiger partial charge in [0.15, 0.2) is 5.58 Å². The van der Waals surface area contributed by atoms with Crippen molar-refractivity contribution in [3.05, 3.63) is 56.9 Å².